The van der Waals surface area contributed by atoms with Crippen molar-refractivity contribution in [1.29, 1.82) is 0 Å². The second-order valence-corrected chi connectivity index (χ2v) is 4.84. The topological polar surface area (TPSA) is 29.1 Å². The molecule has 0 atom stereocenters. The predicted octanol–water partition coefficient (Wildman–Crippen LogP) is 3.75. The number of thiol groups is 1. The standard InChI is InChI=1S/C13H16F3NOS/c1-9-4-5-10(19)8-11(9)12(18)17-7-3-2-6-13(14,15)16/h4-5,8,19H,2-3,6-7H2,1H3,(H,17,18). The van der Waals surface area contributed by atoms with E-state index in [4.69, 9.17) is 0 Å². The summed E-state index contributed by atoms with van der Waals surface area (Å²) in [5.74, 6) is -0.277. The third-order valence-corrected chi connectivity index (χ3v) is 2.92. The van der Waals surface area contributed by atoms with Crippen LogP contribution in [0.25, 0.3) is 0 Å². The summed E-state index contributed by atoms with van der Waals surface area (Å²) in [5, 5.41) is 2.61. The minimum absolute atomic E-state index is 0.0232. The van der Waals surface area contributed by atoms with Crippen molar-refractivity contribution < 1.29 is 18.0 Å². The second kappa shape index (κ2) is 6.84. The molecule has 106 valence electrons. The predicted molar refractivity (Wildman–Crippen MR) is 70.7 cm³/mol. The first-order valence-electron chi connectivity index (χ1n) is 5.94. The average molecular weight is 291 g/mol. The van der Waals surface area contributed by atoms with E-state index in [1.807, 2.05) is 0 Å². The fourth-order valence-electron chi connectivity index (χ4n) is 1.60. The molecule has 2 nitrogen and oxygen atoms in total. The van der Waals surface area contributed by atoms with Gasteiger partial charge in [0.15, 0.2) is 0 Å². The Bertz CT molecular complexity index is 446. The molecule has 1 N–H and O–H groups in total. The fraction of sp³-hybridized carbons (Fsp3) is 0.462. The minimum Gasteiger partial charge on any atom is -0.352 e. The smallest absolute Gasteiger partial charge is 0.352 e. The third kappa shape index (κ3) is 6.00. The maximum absolute atomic E-state index is 11.9. The van der Waals surface area contributed by atoms with Gasteiger partial charge in [0.2, 0.25) is 0 Å². The van der Waals surface area contributed by atoms with Crippen LogP contribution in [0, 0.1) is 6.92 Å². The first kappa shape index (κ1) is 15.9. The number of alkyl halides is 3. The van der Waals surface area contributed by atoms with Gasteiger partial charge in [0.05, 0.1) is 0 Å². The van der Waals surface area contributed by atoms with Crippen LogP contribution in [0.4, 0.5) is 13.2 Å². The molecule has 6 heteroatoms. The van der Waals surface area contributed by atoms with Crippen molar-refractivity contribution in [3.8, 4) is 0 Å². The maximum atomic E-state index is 11.9. The number of carbonyl (C=O) groups excluding carboxylic acids is 1. The van der Waals surface area contributed by atoms with Gasteiger partial charge in [0.25, 0.3) is 5.91 Å². The molecule has 0 aromatic heterocycles. The van der Waals surface area contributed by atoms with Crippen molar-refractivity contribution in [3.05, 3.63) is 29.3 Å². The molecule has 0 saturated heterocycles. The summed E-state index contributed by atoms with van der Waals surface area (Å²) in [6, 6.07) is 5.20. The lowest BCUT2D eigenvalue weighted by atomic mass is 10.1. The highest BCUT2D eigenvalue weighted by molar-refractivity contribution is 7.80. The molecule has 0 bridgehead atoms. The average Bonchev–Trinajstić information content (AvgIpc) is 2.30. The van der Waals surface area contributed by atoms with Crippen molar-refractivity contribution in [3.63, 3.8) is 0 Å². The highest BCUT2D eigenvalue weighted by Crippen LogP contribution is 2.21. The van der Waals surface area contributed by atoms with E-state index in [1.54, 1.807) is 25.1 Å². The molecule has 1 aromatic carbocycles. The molecule has 0 fully saturated rings. The lowest BCUT2D eigenvalue weighted by Crippen LogP contribution is -2.25. The molecule has 0 spiro atoms. The Hall–Kier alpha value is -1.17. The molecule has 0 aliphatic carbocycles. The first-order chi connectivity index (χ1) is 8.79. The van der Waals surface area contributed by atoms with Crippen LogP contribution in [0.3, 0.4) is 0 Å². The summed E-state index contributed by atoms with van der Waals surface area (Å²) in [6.45, 7) is 2.04. The van der Waals surface area contributed by atoms with Crippen LogP contribution < -0.4 is 5.32 Å². The molecular formula is C13H16F3NOS. The van der Waals surface area contributed by atoms with Crippen LogP contribution in [-0.4, -0.2) is 18.6 Å². The lowest BCUT2D eigenvalue weighted by molar-refractivity contribution is -0.135. The molecular weight excluding hydrogens is 275 g/mol. The van der Waals surface area contributed by atoms with Crippen molar-refractivity contribution in [1.82, 2.24) is 5.32 Å². The molecule has 1 amide bonds. The van der Waals surface area contributed by atoms with Gasteiger partial charge in [0.1, 0.15) is 0 Å². The van der Waals surface area contributed by atoms with Gasteiger partial charge in [0, 0.05) is 23.4 Å². The Kier molecular flexibility index (Phi) is 5.72. The second-order valence-electron chi connectivity index (χ2n) is 4.33. The number of nitrogens with one attached hydrogen (secondary N) is 1. The van der Waals surface area contributed by atoms with Gasteiger partial charge in [-0.1, -0.05) is 6.07 Å². The van der Waals surface area contributed by atoms with Crippen molar-refractivity contribution in [2.45, 2.75) is 37.3 Å². The van der Waals surface area contributed by atoms with E-state index in [0.29, 0.717) is 16.9 Å². The fourth-order valence-corrected chi connectivity index (χ4v) is 1.81. The van der Waals surface area contributed by atoms with Gasteiger partial charge in [-0.3, -0.25) is 4.79 Å². The number of aryl methyl sites for hydroxylation is 1. The van der Waals surface area contributed by atoms with E-state index in [9.17, 15) is 18.0 Å². The summed E-state index contributed by atoms with van der Waals surface area (Å²) in [5.41, 5.74) is 1.31. The van der Waals surface area contributed by atoms with Crippen molar-refractivity contribution in [2.75, 3.05) is 6.54 Å². The number of halogens is 3. The molecule has 0 heterocycles. The summed E-state index contributed by atoms with van der Waals surface area (Å²) in [4.78, 5) is 12.5. The summed E-state index contributed by atoms with van der Waals surface area (Å²) < 4.78 is 35.7. The number of benzene rings is 1. The maximum Gasteiger partial charge on any atom is 0.389 e. The number of amides is 1. The van der Waals surface area contributed by atoms with E-state index in [-0.39, 0.29) is 18.9 Å². The first-order valence-corrected chi connectivity index (χ1v) is 6.39. The Morgan fingerprint density at radius 3 is 2.63 bits per heavy atom. The molecule has 0 aliphatic rings. The zero-order chi connectivity index (χ0) is 14.5. The van der Waals surface area contributed by atoms with Crippen LogP contribution in [0.1, 0.15) is 35.2 Å². The van der Waals surface area contributed by atoms with Gasteiger partial charge in [-0.05, 0) is 37.5 Å². The third-order valence-electron chi connectivity index (χ3n) is 2.64. The Morgan fingerprint density at radius 1 is 1.32 bits per heavy atom. The van der Waals surface area contributed by atoms with Crippen LogP contribution >= 0.6 is 12.6 Å². The Balaban J connectivity index is 2.38. The van der Waals surface area contributed by atoms with Crippen LogP contribution in [0.2, 0.25) is 0 Å². The number of rotatable bonds is 5. The highest BCUT2D eigenvalue weighted by Gasteiger charge is 2.25. The summed E-state index contributed by atoms with van der Waals surface area (Å²) in [7, 11) is 0. The van der Waals surface area contributed by atoms with Crippen LogP contribution in [-0.2, 0) is 0 Å². The Labute approximate surface area is 115 Å². The van der Waals surface area contributed by atoms with Crippen LogP contribution in [0.15, 0.2) is 23.1 Å². The van der Waals surface area contributed by atoms with E-state index in [2.05, 4.69) is 17.9 Å². The lowest BCUT2D eigenvalue weighted by Gasteiger charge is -2.09. The van der Waals surface area contributed by atoms with Gasteiger partial charge >= 0.3 is 6.18 Å². The van der Waals surface area contributed by atoms with Crippen molar-refractivity contribution in [2.24, 2.45) is 0 Å². The SMILES string of the molecule is Cc1ccc(S)cc1C(=O)NCCCCC(F)(F)F. The quantitative estimate of drug-likeness (QED) is 0.628. The van der Waals surface area contributed by atoms with E-state index < -0.39 is 12.6 Å². The highest BCUT2D eigenvalue weighted by atomic mass is 32.1. The van der Waals surface area contributed by atoms with E-state index >= 15 is 0 Å². The van der Waals surface area contributed by atoms with Crippen molar-refractivity contribution >= 4 is 18.5 Å². The zero-order valence-electron chi connectivity index (χ0n) is 10.5. The molecule has 19 heavy (non-hydrogen) atoms. The number of carbonyl (C=O) groups is 1. The minimum atomic E-state index is -4.12. The van der Waals surface area contributed by atoms with Gasteiger partial charge in [-0.15, -0.1) is 12.6 Å². The number of unbranched alkanes of at least 4 members (excludes halogenated alkanes) is 1. The molecule has 0 unspecified atom stereocenters. The number of hydrogen-bond acceptors (Lipinski definition) is 2. The van der Waals surface area contributed by atoms with Gasteiger partial charge in [-0.2, -0.15) is 13.2 Å². The largest absolute Gasteiger partial charge is 0.389 e. The normalized spacial score (nSPS) is 11.4. The molecule has 1 aromatic rings. The molecule has 1 rings (SSSR count). The van der Waals surface area contributed by atoms with Gasteiger partial charge < -0.3 is 5.32 Å². The summed E-state index contributed by atoms with van der Waals surface area (Å²) in [6.07, 6.45) is -4.60. The molecule has 0 aliphatic heterocycles. The Morgan fingerprint density at radius 2 is 2.00 bits per heavy atom. The van der Waals surface area contributed by atoms with E-state index in [1.165, 1.54) is 0 Å². The zero-order valence-corrected chi connectivity index (χ0v) is 11.4. The van der Waals surface area contributed by atoms with Crippen LogP contribution in [0.5, 0.6) is 0 Å². The summed E-state index contributed by atoms with van der Waals surface area (Å²) >= 11 is 4.15. The molecule has 0 saturated carbocycles. The number of hydrogen-bond donors (Lipinski definition) is 2. The molecule has 0 radical (unpaired) electrons. The monoisotopic (exact) mass is 291 g/mol. The van der Waals surface area contributed by atoms with E-state index in [0.717, 1.165) is 5.56 Å². The van der Waals surface area contributed by atoms with Gasteiger partial charge in [-0.25, -0.2) is 0 Å².